The quantitative estimate of drug-likeness (QED) is 0.426. The van der Waals surface area contributed by atoms with Gasteiger partial charge in [0.2, 0.25) is 0 Å². The SMILES string of the molecule is CC(C)(C)OC(=O)N1CC(CC(F)(F)CN(Cc2ccccc2)Cc2ccccc2)CC1(C)C. The highest BCUT2D eigenvalue weighted by molar-refractivity contribution is 5.69. The van der Waals surface area contributed by atoms with Crippen molar-refractivity contribution in [3.63, 3.8) is 0 Å². The Bertz CT molecular complexity index is 885. The van der Waals surface area contributed by atoms with Crippen LogP contribution in [-0.4, -0.2) is 46.0 Å². The van der Waals surface area contributed by atoms with Crippen LogP contribution < -0.4 is 0 Å². The summed E-state index contributed by atoms with van der Waals surface area (Å²) in [7, 11) is 0. The van der Waals surface area contributed by atoms with Crippen LogP contribution in [0.25, 0.3) is 0 Å². The zero-order valence-corrected chi connectivity index (χ0v) is 21.1. The van der Waals surface area contributed by atoms with Gasteiger partial charge in [-0.3, -0.25) is 4.90 Å². The van der Waals surface area contributed by atoms with Crippen molar-refractivity contribution in [3.8, 4) is 0 Å². The molecular weight excluding hydrogens is 434 g/mol. The third kappa shape index (κ3) is 7.79. The number of amides is 1. The number of likely N-dealkylation sites (tertiary alicyclic amines) is 1. The second-order valence-electron chi connectivity index (χ2n) is 11.1. The van der Waals surface area contributed by atoms with Crippen LogP contribution in [0.3, 0.4) is 0 Å². The first-order valence-electron chi connectivity index (χ1n) is 12.0. The minimum atomic E-state index is -2.88. The van der Waals surface area contributed by atoms with Crippen LogP contribution >= 0.6 is 0 Å². The Morgan fingerprint density at radius 2 is 1.50 bits per heavy atom. The lowest BCUT2D eigenvalue weighted by Crippen LogP contribution is -2.45. The summed E-state index contributed by atoms with van der Waals surface area (Å²) in [4.78, 5) is 16.1. The smallest absolute Gasteiger partial charge is 0.410 e. The van der Waals surface area contributed by atoms with Crippen molar-refractivity contribution >= 4 is 6.09 Å². The molecule has 2 aromatic carbocycles. The average Bonchev–Trinajstić information content (AvgIpc) is 3.01. The summed E-state index contributed by atoms with van der Waals surface area (Å²) < 4.78 is 36.3. The molecule has 1 saturated heterocycles. The van der Waals surface area contributed by atoms with E-state index in [2.05, 4.69) is 0 Å². The summed E-state index contributed by atoms with van der Waals surface area (Å²) in [5.74, 6) is -3.17. The maximum atomic E-state index is 15.4. The first-order valence-corrected chi connectivity index (χ1v) is 12.0. The second kappa shape index (κ2) is 10.4. The van der Waals surface area contributed by atoms with Crippen LogP contribution in [0, 0.1) is 5.92 Å². The van der Waals surface area contributed by atoms with E-state index in [-0.39, 0.29) is 25.4 Å². The molecule has 1 unspecified atom stereocenters. The molecule has 0 spiro atoms. The van der Waals surface area contributed by atoms with E-state index in [0.717, 1.165) is 11.1 Å². The molecule has 1 atom stereocenters. The van der Waals surface area contributed by atoms with Gasteiger partial charge in [0.1, 0.15) is 5.60 Å². The highest BCUT2D eigenvalue weighted by Gasteiger charge is 2.46. The molecule has 0 N–H and O–H groups in total. The zero-order valence-electron chi connectivity index (χ0n) is 21.1. The van der Waals surface area contributed by atoms with Gasteiger partial charge in [-0.2, -0.15) is 0 Å². The third-order valence-corrected chi connectivity index (χ3v) is 6.11. The minimum absolute atomic E-state index is 0.254. The number of ether oxygens (including phenoxy) is 1. The second-order valence-corrected chi connectivity index (χ2v) is 11.1. The standard InChI is InChI=1S/C28H38F2N2O2/c1-26(2,3)34-25(33)32-20-24(16-27(32,4)5)17-28(29,30)21-31(18-22-12-8-6-9-13-22)19-23-14-10-7-11-15-23/h6-15,24H,16-21H2,1-5H3. The number of nitrogens with zero attached hydrogens (tertiary/aromatic N) is 2. The normalized spacial score (nSPS) is 18.4. The van der Waals surface area contributed by atoms with Crippen LogP contribution in [0.2, 0.25) is 0 Å². The first-order chi connectivity index (χ1) is 15.8. The Balaban J connectivity index is 1.68. The number of halogens is 2. The molecule has 0 saturated carbocycles. The van der Waals surface area contributed by atoms with Gasteiger partial charge in [-0.25, -0.2) is 13.6 Å². The fraction of sp³-hybridized carbons (Fsp3) is 0.536. The molecule has 2 aromatic rings. The Labute approximate surface area is 202 Å². The van der Waals surface area contributed by atoms with E-state index in [4.69, 9.17) is 4.74 Å². The fourth-order valence-electron chi connectivity index (χ4n) is 4.83. The van der Waals surface area contributed by atoms with Gasteiger partial charge < -0.3 is 9.64 Å². The molecule has 34 heavy (non-hydrogen) atoms. The number of alkyl halides is 2. The van der Waals surface area contributed by atoms with E-state index in [1.165, 1.54) is 0 Å². The lowest BCUT2D eigenvalue weighted by Gasteiger charge is -2.33. The van der Waals surface area contributed by atoms with Crippen molar-refractivity contribution in [1.82, 2.24) is 9.80 Å². The molecule has 0 aliphatic carbocycles. The van der Waals surface area contributed by atoms with Crippen molar-refractivity contribution in [2.75, 3.05) is 13.1 Å². The van der Waals surface area contributed by atoms with Gasteiger partial charge >= 0.3 is 6.09 Å². The summed E-state index contributed by atoms with van der Waals surface area (Å²) in [6, 6.07) is 19.4. The highest BCUT2D eigenvalue weighted by Crippen LogP contribution is 2.39. The monoisotopic (exact) mass is 472 g/mol. The Kier molecular flexibility index (Phi) is 8.02. The summed E-state index contributed by atoms with van der Waals surface area (Å²) in [5.41, 5.74) is 0.876. The van der Waals surface area contributed by atoms with Crippen LogP contribution in [0.1, 0.15) is 58.6 Å². The summed E-state index contributed by atoms with van der Waals surface area (Å²) >= 11 is 0. The molecule has 3 rings (SSSR count). The van der Waals surface area contributed by atoms with Crippen LogP contribution in [-0.2, 0) is 17.8 Å². The summed E-state index contributed by atoms with van der Waals surface area (Å²) in [6.07, 6.45) is -0.159. The molecule has 0 bridgehead atoms. The molecule has 1 aliphatic heterocycles. The molecule has 1 heterocycles. The van der Waals surface area contributed by atoms with Crippen molar-refractivity contribution in [2.24, 2.45) is 5.92 Å². The third-order valence-electron chi connectivity index (χ3n) is 6.11. The maximum Gasteiger partial charge on any atom is 0.410 e. The molecule has 1 amide bonds. The molecular formula is C28H38F2N2O2. The van der Waals surface area contributed by atoms with Crippen molar-refractivity contribution in [1.29, 1.82) is 0 Å². The van der Waals surface area contributed by atoms with Crippen molar-refractivity contribution in [2.45, 2.75) is 77.6 Å². The molecule has 4 nitrogen and oxygen atoms in total. The predicted octanol–water partition coefficient (Wildman–Crippen LogP) is 6.75. The van der Waals surface area contributed by atoms with E-state index in [9.17, 15) is 4.79 Å². The topological polar surface area (TPSA) is 32.8 Å². The Morgan fingerprint density at radius 3 is 1.97 bits per heavy atom. The van der Waals surface area contributed by atoms with Crippen LogP contribution in [0.4, 0.5) is 13.6 Å². The number of carbonyl (C=O) groups excluding carboxylic acids is 1. The fourth-order valence-corrected chi connectivity index (χ4v) is 4.83. The van der Waals surface area contributed by atoms with E-state index in [1.54, 1.807) is 4.90 Å². The van der Waals surface area contributed by atoms with Gasteiger partial charge in [-0.1, -0.05) is 60.7 Å². The number of carbonyl (C=O) groups is 1. The number of rotatable bonds is 8. The van der Waals surface area contributed by atoms with Gasteiger partial charge in [0.25, 0.3) is 5.92 Å². The maximum absolute atomic E-state index is 15.4. The van der Waals surface area contributed by atoms with Gasteiger partial charge in [0.05, 0.1) is 6.54 Å². The molecule has 186 valence electrons. The zero-order chi connectivity index (χ0) is 25.0. The molecule has 0 aromatic heterocycles. The number of hydrogen-bond donors (Lipinski definition) is 0. The molecule has 1 fully saturated rings. The van der Waals surface area contributed by atoms with Gasteiger partial charge in [0.15, 0.2) is 0 Å². The molecule has 1 aliphatic rings. The summed E-state index contributed by atoms with van der Waals surface area (Å²) in [6.45, 7) is 10.1. The predicted molar refractivity (Wildman–Crippen MR) is 132 cm³/mol. The average molecular weight is 473 g/mol. The molecule has 6 heteroatoms. The molecule has 0 radical (unpaired) electrons. The van der Waals surface area contributed by atoms with Crippen molar-refractivity contribution < 1.29 is 18.3 Å². The van der Waals surface area contributed by atoms with E-state index in [1.807, 2.05) is 100 Å². The minimum Gasteiger partial charge on any atom is -0.444 e. The summed E-state index contributed by atoms with van der Waals surface area (Å²) in [5, 5.41) is 0. The van der Waals surface area contributed by atoms with Crippen molar-refractivity contribution in [3.05, 3.63) is 71.8 Å². The number of benzene rings is 2. The number of hydrogen-bond acceptors (Lipinski definition) is 3. The lowest BCUT2D eigenvalue weighted by atomic mass is 9.92. The highest BCUT2D eigenvalue weighted by atomic mass is 19.3. The van der Waals surface area contributed by atoms with Gasteiger partial charge in [-0.15, -0.1) is 0 Å². The Morgan fingerprint density at radius 1 is 1.00 bits per heavy atom. The van der Waals surface area contributed by atoms with E-state index in [0.29, 0.717) is 19.5 Å². The first kappa shape index (κ1) is 26.1. The van der Waals surface area contributed by atoms with Crippen LogP contribution in [0.5, 0.6) is 0 Å². The van der Waals surface area contributed by atoms with E-state index < -0.39 is 23.2 Å². The lowest BCUT2D eigenvalue weighted by molar-refractivity contribution is -0.0546. The Hall–Kier alpha value is -2.47. The van der Waals surface area contributed by atoms with E-state index >= 15 is 8.78 Å². The van der Waals surface area contributed by atoms with Gasteiger partial charge in [0, 0.05) is 31.6 Å². The van der Waals surface area contributed by atoms with Gasteiger partial charge in [-0.05, 0) is 58.1 Å². The largest absolute Gasteiger partial charge is 0.444 e. The van der Waals surface area contributed by atoms with Crippen LogP contribution in [0.15, 0.2) is 60.7 Å².